The van der Waals surface area contributed by atoms with Gasteiger partial charge in [0.25, 0.3) is 0 Å². The van der Waals surface area contributed by atoms with Crippen LogP contribution in [-0.4, -0.2) is 24.2 Å². The summed E-state index contributed by atoms with van der Waals surface area (Å²) in [6.45, 7) is 8.75. The third-order valence-corrected chi connectivity index (χ3v) is 5.39. The zero-order chi connectivity index (χ0) is 21.7. The van der Waals surface area contributed by atoms with Gasteiger partial charge in [-0.05, 0) is 77.6 Å². The minimum atomic E-state index is -0.429. The van der Waals surface area contributed by atoms with Gasteiger partial charge in [-0.25, -0.2) is 0 Å². The Bertz CT molecular complexity index is 859. The third-order valence-electron chi connectivity index (χ3n) is 5.39. The second-order valence-corrected chi connectivity index (χ2v) is 9.01. The van der Waals surface area contributed by atoms with Crippen molar-refractivity contribution in [3.8, 4) is 11.5 Å². The summed E-state index contributed by atoms with van der Waals surface area (Å²) in [4.78, 5) is 14.4. The van der Waals surface area contributed by atoms with Crippen LogP contribution in [0.5, 0.6) is 11.5 Å². The van der Waals surface area contributed by atoms with E-state index in [0.29, 0.717) is 12.5 Å². The summed E-state index contributed by atoms with van der Waals surface area (Å²) in [5.74, 6) is 1.51. The number of benzene rings is 2. The van der Waals surface area contributed by atoms with Crippen molar-refractivity contribution in [1.29, 1.82) is 0 Å². The van der Waals surface area contributed by atoms with Gasteiger partial charge in [-0.2, -0.15) is 0 Å². The number of carbonyl (C=O) groups is 1. The summed E-state index contributed by atoms with van der Waals surface area (Å²) >= 11 is 0. The van der Waals surface area contributed by atoms with Gasteiger partial charge in [-0.15, -0.1) is 0 Å². The number of carbonyl (C=O) groups excluding carboxylic acids is 1. The first-order chi connectivity index (χ1) is 14.2. The van der Waals surface area contributed by atoms with Gasteiger partial charge in [0.15, 0.2) is 0 Å². The van der Waals surface area contributed by atoms with Crippen molar-refractivity contribution >= 4 is 17.3 Å². The largest absolute Gasteiger partial charge is 0.460 e. The summed E-state index contributed by atoms with van der Waals surface area (Å²) in [7, 11) is 0. The van der Waals surface area contributed by atoms with Gasteiger partial charge in [0.2, 0.25) is 0 Å². The fraction of sp³-hybridized carbons (Fsp3) is 0.480. The average Bonchev–Trinajstić information content (AvgIpc) is 3.12. The summed E-state index contributed by atoms with van der Waals surface area (Å²) in [6.07, 6.45) is 4.45. The van der Waals surface area contributed by atoms with Gasteiger partial charge < -0.3 is 20.1 Å². The van der Waals surface area contributed by atoms with Crippen molar-refractivity contribution in [2.45, 2.75) is 71.4 Å². The number of rotatable bonds is 7. The predicted octanol–water partition coefficient (Wildman–Crippen LogP) is 5.85. The van der Waals surface area contributed by atoms with E-state index in [9.17, 15) is 4.79 Å². The number of esters is 1. The number of para-hydroxylation sites is 1. The first-order valence-electron chi connectivity index (χ1n) is 10.8. The number of nitrogen functional groups attached to an aromatic ring is 1. The Hall–Kier alpha value is -2.69. The number of nitrogens with zero attached hydrogens (tertiary/aromatic N) is 1. The van der Waals surface area contributed by atoms with Gasteiger partial charge >= 0.3 is 5.97 Å². The molecule has 0 unspecified atom stereocenters. The summed E-state index contributed by atoms with van der Waals surface area (Å²) in [5.41, 5.74) is 8.85. The lowest BCUT2D eigenvalue weighted by molar-refractivity contribution is -0.154. The smallest absolute Gasteiger partial charge is 0.306 e. The van der Waals surface area contributed by atoms with Crippen molar-refractivity contribution < 1.29 is 14.3 Å². The van der Waals surface area contributed by atoms with E-state index in [1.807, 2.05) is 63.2 Å². The van der Waals surface area contributed by atoms with Gasteiger partial charge in [-0.3, -0.25) is 4.79 Å². The Morgan fingerprint density at radius 1 is 1.17 bits per heavy atom. The second-order valence-electron chi connectivity index (χ2n) is 9.01. The average molecular weight is 411 g/mol. The van der Waals surface area contributed by atoms with Crippen molar-refractivity contribution in [3.05, 3.63) is 48.0 Å². The van der Waals surface area contributed by atoms with Crippen LogP contribution < -0.4 is 15.4 Å². The molecule has 1 fully saturated rings. The minimum Gasteiger partial charge on any atom is -0.460 e. The van der Waals surface area contributed by atoms with Crippen LogP contribution in [0.1, 0.15) is 58.4 Å². The van der Waals surface area contributed by atoms with Crippen LogP contribution >= 0.6 is 0 Å². The molecule has 162 valence electrons. The molecule has 3 rings (SSSR count). The topological polar surface area (TPSA) is 64.8 Å². The Labute approximate surface area is 180 Å². The highest BCUT2D eigenvalue weighted by molar-refractivity contribution is 5.75. The molecule has 5 heteroatoms. The molecule has 2 aromatic carbocycles. The molecule has 2 aromatic rings. The van der Waals surface area contributed by atoms with Crippen molar-refractivity contribution in [3.63, 3.8) is 0 Å². The molecule has 0 aliphatic carbocycles. The molecule has 2 N–H and O–H groups in total. The molecule has 1 aliphatic rings. The molecule has 30 heavy (non-hydrogen) atoms. The lowest BCUT2D eigenvalue weighted by atomic mass is 10.0. The fourth-order valence-electron chi connectivity index (χ4n) is 4.11. The van der Waals surface area contributed by atoms with Gasteiger partial charge in [0.05, 0.1) is 11.4 Å². The molecule has 1 atom stereocenters. The van der Waals surface area contributed by atoms with Crippen molar-refractivity contribution in [1.82, 2.24) is 0 Å². The highest BCUT2D eigenvalue weighted by Gasteiger charge is 2.28. The molecule has 0 aromatic heterocycles. The molecular formula is C25H34N2O3. The summed E-state index contributed by atoms with van der Waals surface area (Å²) < 4.78 is 11.6. The lowest BCUT2D eigenvalue weighted by Gasteiger charge is -2.30. The van der Waals surface area contributed by atoms with Crippen molar-refractivity contribution in [2.24, 2.45) is 0 Å². The molecule has 1 heterocycles. The molecule has 1 saturated heterocycles. The number of ether oxygens (including phenoxy) is 2. The Balaban J connectivity index is 1.69. The van der Waals surface area contributed by atoms with Crippen LogP contribution in [-0.2, 0) is 9.53 Å². The minimum absolute atomic E-state index is 0.124. The van der Waals surface area contributed by atoms with E-state index in [1.165, 1.54) is 0 Å². The Morgan fingerprint density at radius 3 is 2.60 bits per heavy atom. The molecule has 0 saturated carbocycles. The maximum Gasteiger partial charge on any atom is 0.306 e. The maximum absolute atomic E-state index is 12.0. The van der Waals surface area contributed by atoms with Gasteiger partial charge in [0, 0.05) is 24.6 Å². The lowest BCUT2D eigenvalue weighted by Crippen LogP contribution is -2.31. The first kappa shape index (κ1) is 22.0. The Kier molecular flexibility index (Phi) is 6.91. The number of hydrogen-bond acceptors (Lipinski definition) is 5. The van der Waals surface area contributed by atoms with E-state index in [1.54, 1.807) is 0 Å². The van der Waals surface area contributed by atoms with Gasteiger partial charge in [-0.1, -0.05) is 18.2 Å². The summed E-state index contributed by atoms with van der Waals surface area (Å²) in [6, 6.07) is 14.0. The van der Waals surface area contributed by atoms with E-state index >= 15 is 0 Å². The highest BCUT2D eigenvalue weighted by Crippen LogP contribution is 2.40. The van der Waals surface area contributed by atoms with Crippen LogP contribution in [0.15, 0.2) is 42.5 Å². The zero-order valence-electron chi connectivity index (χ0n) is 18.6. The van der Waals surface area contributed by atoms with E-state index in [-0.39, 0.29) is 5.97 Å². The normalized spacial score (nSPS) is 16.5. The van der Waals surface area contributed by atoms with E-state index in [0.717, 1.165) is 60.7 Å². The van der Waals surface area contributed by atoms with Crippen LogP contribution in [0, 0.1) is 6.92 Å². The van der Waals surface area contributed by atoms with Gasteiger partial charge in [0.1, 0.15) is 17.1 Å². The standard InChI is InChI=1S/C25H34N2O3/c1-18-22(29-20-12-6-5-7-13-20)16-15-21(26)24(18)27-17-9-11-19(27)10-8-14-23(28)30-25(2,3)4/h5-7,12-13,15-16,19H,8-11,14,17,26H2,1-4H3/t19-/m0/s1. The quantitative estimate of drug-likeness (QED) is 0.458. The zero-order valence-corrected chi connectivity index (χ0v) is 18.6. The maximum atomic E-state index is 12.0. The number of anilines is 2. The highest BCUT2D eigenvalue weighted by atomic mass is 16.6. The molecule has 0 radical (unpaired) electrons. The summed E-state index contributed by atoms with van der Waals surface area (Å²) in [5, 5.41) is 0. The van der Waals surface area contributed by atoms with Crippen LogP contribution in [0.3, 0.4) is 0 Å². The first-order valence-corrected chi connectivity index (χ1v) is 10.8. The second kappa shape index (κ2) is 9.41. The Morgan fingerprint density at radius 2 is 1.90 bits per heavy atom. The molecular weight excluding hydrogens is 376 g/mol. The molecule has 0 bridgehead atoms. The van der Waals surface area contributed by atoms with Crippen LogP contribution in [0.4, 0.5) is 11.4 Å². The van der Waals surface area contributed by atoms with Crippen molar-refractivity contribution in [2.75, 3.05) is 17.2 Å². The van der Waals surface area contributed by atoms with E-state index in [2.05, 4.69) is 11.8 Å². The molecule has 0 spiro atoms. The van der Waals surface area contributed by atoms with Crippen LogP contribution in [0.25, 0.3) is 0 Å². The van der Waals surface area contributed by atoms with E-state index in [4.69, 9.17) is 15.2 Å². The SMILES string of the molecule is Cc1c(Oc2ccccc2)ccc(N)c1N1CCC[C@@H]1CCCC(=O)OC(C)(C)C. The third kappa shape index (κ3) is 5.68. The molecule has 5 nitrogen and oxygen atoms in total. The van der Waals surface area contributed by atoms with E-state index < -0.39 is 5.60 Å². The predicted molar refractivity (Wildman–Crippen MR) is 122 cm³/mol. The molecule has 0 amide bonds. The monoisotopic (exact) mass is 410 g/mol. The number of nitrogens with two attached hydrogens (primary N) is 1. The molecule has 1 aliphatic heterocycles. The van der Waals surface area contributed by atoms with Crippen LogP contribution in [0.2, 0.25) is 0 Å². The number of hydrogen-bond donors (Lipinski definition) is 1. The fourth-order valence-corrected chi connectivity index (χ4v) is 4.11.